The highest BCUT2D eigenvalue weighted by atomic mass is 19.4. The summed E-state index contributed by atoms with van der Waals surface area (Å²) in [5.41, 5.74) is -0.347. The number of amides is 1. The number of methoxy groups -OCH3 is 1. The highest BCUT2D eigenvalue weighted by Crippen LogP contribution is 2.30. The van der Waals surface area contributed by atoms with Gasteiger partial charge in [-0.25, -0.2) is 4.79 Å². The first kappa shape index (κ1) is 15.9. The minimum absolute atomic E-state index is 0.176. The van der Waals surface area contributed by atoms with Gasteiger partial charge in [0.15, 0.2) is 5.82 Å². The standard InChI is InChI=1S/C15H13F3N4O2/c1-21-12(15(16,17)18)8-13(20-21)19-14(23)22-6-5-9-7-10(24-2)3-4-11(9)22/h3-8H,1-2H3,(H,19,20,23). The van der Waals surface area contributed by atoms with Crippen LogP contribution in [-0.2, 0) is 13.2 Å². The highest BCUT2D eigenvalue weighted by molar-refractivity contribution is 5.98. The Labute approximate surface area is 134 Å². The fraction of sp³-hybridized carbons (Fsp3) is 0.200. The van der Waals surface area contributed by atoms with E-state index in [-0.39, 0.29) is 5.82 Å². The van der Waals surface area contributed by atoms with Gasteiger partial charge in [0.1, 0.15) is 11.4 Å². The van der Waals surface area contributed by atoms with Gasteiger partial charge in [0.2, 0.25) is 0 Å². The molecule has 0 bridgehead atoms. The maximum Gasteiger partial charge on any atom is 0.433 e. The Morgan fingerprint density at radius 1 is 1.25 bits per heavy atom. The third kappa shape index (κ3) is 2.80. The third-order valence-electron chi connectivity index (χ3n) is 3.52. The number of fused-ring (bicyclic) bond motifs is 1. The minimum atomic E-state index is -4.54. The molecule has 0 atom stereocenters. The van der Waals surface area contributed by atoms with Gasteiger partial charge >= 0.3 is 12.2 Å². The van der Waals surface area contributed by atoms with Crippen molar-refractivity contribution in [3.05, 3.63) is 42.2 Å². The lowest BCUT2D eigenvalue weighted by molar-refractivity contribution is -0.143. The molecule has 0 spiro atoms. The molecule has 0 aliphatic carbocycles. The number of hydrogen-bond donors (Lipinski definition) is 1. The fourth-order valence-corrected chi connectivity index (χ4v) is 2.39. The van der Waals surface area contributed by atoms with E-state index in [0.717, 1.165) is 18.5 Å². The molecule has 1 aromatic carbocycles. The molecule has 0 saturated carbocycles. The van der Waals surface area contributed by atoms with Crippen LogP contribution in [-0.4, -0.2) is 27.5 Å². The molecule has 0 aliphatic heterocycles. The molecule has 6 nitrogen and oxygen atoms in total. The van der Waals surface area contributed by atoms with Gasteiger partial charge in [-0.05, 0) is 24.3 Å². The molecule has 1 N–H and O–H groups in total. The lowest BCUT2D eigenvalue weighted by Crippen LogP contribution is -2.18. The maximum absolute atomic E-state index is 12.8. The van der Waals surface area contributed by atoms with E-state index in [9.17, 15) is 18.0 Å². The van der Waals surface area contributed by atoms with Crippen LogP contribution in [0, 0.1) is 0 Å². The summed E-state index contributed by atoms with van der Waals surface area (Å²) < 4.78 is 45.4. The summed E-state index contributed by atoms with van der Waals surface area (Å²) in [6, 6.07) is 7.01. The molecule has 24 heavy (non-hydrogen) atoms. The second-order valence-corrected chi connectivity index (χ2v) is 5.08. The largest absolute Gasteiger partial charge is 0.497 e. The van der Waals surface area contributed by atoms with E-state index in [4.69, 9.17) is 4.74 Å². The molecule has 3 rings (SSSR count). The first-order valence-corrected chi connectivity index (χ1v) is 6.87. The number of alkyl halides is 3. The quantitative estimate of drug-likeness (QED) is 0.778. The van der Waals surface area contributed by atoms with Gasteiger partial charge in [-0.3, -0.25) is 14.6 Å². The van der Waals surface area contributed by atoms with E-state index in [1.807, 2.05) is 0 Å². The van der Waals surface area contributed by atoms with Crippen molar-refractivity contribution < 1.29 is 22.7 Å². The van der Waals surface area contributed by atoms with Gasteiger partial charge in [-0.2, -0.15) is 18.3 Å². The lowest BCUT2D eigenvalue weighted by Gasteiger charge is -2.05. The summed E-state index contributed by atoms with van der Waals surface area (Å²) in [4.78, 5) is 12.3. The van der Waals surface area contributed by atoms with E-state index < -0.39 is 17.9 Å². The summed E-state index contributed by atoms with van der Waals surface area (Å²) in [5, 5.41) is 6.79. The van der Waals surface area contributed by atoms with Gasteiger partial charge in [0, 0.05) is 24.7 Å². The number of halogens is 3. The first-order chi connectivity index (χ1) is 11.3. The third-order valence-corrected chi connectivity index (χ3v) is 3.52. The number of carbonyl (C=O) groups is 1. The second kappa shape index (κ2) is 5.59. The number of rotatable bonds is 2. The van der Waals surface area contributed by atoms with Gasteiger partial charge in [0.25, 0.3) is 0 Å². The fourth-order valence-electron chi connectivity index (χ4n) is 2.39. The number of aromatic nitrogens is 3. The van der Waals surface area contributed by atoms with Crippen LogP contribution in [0.3, 0.4) is 0 Å². The van der Waals surface area contributed by atoms with Crippen LogP contribution in [0.4, 0.5) is 23.8 Å². The predicted octanol–water partition coefficient (Wildman–Crippen LogP) is 3.48. The molecule has 0 fully saturated rings. The van der Waals surface area contributed by atoms with Gasteiger partial charge < -0.3 is 4.74 Å². The number of ether oxygens (including phenoxy) is 1. The van der Waals surface area contributed by atoms with Crippen LogP contribution in [0.1, 0.15) is 5.69 Å². The van der Waals surface area contributed by atoms with Crippen molar-refractivity contribution in [3.63, 3.8) is 0 Å². The monoisotopic (exact) mass is 338 g/mol. The summed E-state index contributed by atoms with van der Waals surface area (Å²) in [7, 11) is 2.69. The van der Waals surface area contributed by atoms with Crippen molar-refractivity contribution in [2.45, 2.75) is 6.18 Å². The number of nitrogens with one attached hydrogen (secondary N) is 1. The van der Waals surface area contributed by atoms with E-state index in [1.54, 1.807) is 24.3 Å². The molecule has 126 valence electrons. The number of anilines is 1. The Balaban J connectivity index is 1.88. The number of hydrogen-bond acceptors (Lipinski definition) is 3. The molecule has 0 aliphatic rings. The number of benzene rings is 1. The normalized spacial score (nSPS) is 11.7. The Morgan fingerprint density at radius 3 is 2.62 bits per heavy atom. The summed E-state index contributed by atoms with van der Waals surface area (Å²) >= 11 is 0. The van der Waals surface area contributed by atoms with E-state index in [0.29, 0.717) is 15.9 Å². The molecule has 1 amide bonds. The Kier molecular flexibility index (Phi) is 3.70. The van der Waals surface area contributed by atoms with Crippen LogP contribution in [0.25, 0.3) is 10.9 Å². The van der Waals surface area contributed by atoms with Crippen molar-refractivity contribution in [1.29, 1.82) is 0 Å². The second-order valence-electron chi connectivity index (χ2n) is 5.08. The highest BCUT2D eigenvalue weighted by Gasteiger charge is 2.35. The zero-order valence-corrected chi connectivity index (χ0v) is 12.8. The molecule has 0 unspecified atom stereocenters. The molecule has 2 aromatic heterocycles. The van der Waals surface area contributed by atoms with Crippen LogP contribution in [0.5, 0.6) is 5.75 Å². The zero-order chi connectivity index (χ0) is 17.5. The molecular formula is C15H13F3N4O2. The van der Waals surface area contributed by atoms with E-state index in [2.05, 4.69) is 10.4 Å². The summed E-state index contributed by atoms with van der Waals surface area (Å²) in [6.45, 7) is 0. The molecule has 0 saturated heterocycles. The smallest absolute Gasteiger partial charge is 0.433 e. The maximum atomic E-state index is 12.8. The Bertz CT molecular complexity index is 911. The van der Waals surface area contributed by atoms with Crippen molar-refractivity contribution in [1.82, 2.24) is 14.3 Å². The van der Waals surface area contributed by atoms with Crippen molar-refractivity contribution in [2.75, 3.05) is 12.4 Å². The van der Waals surface area contributed by atoms with Gasteiger partial charge in [-0.1, -0.05) is 0 Å². The average Bonchev–Trinajstić information content (AvgIpc) is 3.09. The van der Waals surface area contributed by atoms with Crippen LogP contribution in [0.2, 0.25) is 0 Å². The summed E-state index contributed by atoms with van der Waals surface area (Å²) in [6.07, 6.45) is -3.02. The number of nitrogens with zero attached hydrogens (tertiary/aromatic N) is 3. The Hall–Kier alpha value is -2.97. The minimum Gasteiger partial charge on any atom is -0.497 e. The van der Waals surface area contributed by atoms with Crippen LogP contribution in [0.15, 0.2) is 36.5 Å². The van der Waals surface area contributed by atoms with E-state index in [1.165, 1.54) is 17.9 Å². The molecule has 2 heterocycles. The Morgan fingerprint density at radius 2 is 2.00 bits per heavy atom. The number of aryl methyl sites for hydroxylation is 1. The molecule has 0 radical (unpaired) electrons. The molecular weight excluding hydrogens is 325 g/mol. The predicted molar refractivity (Wildman–Crippen MR) is 81.1 cm³/mol. The van der Waals surface area contributed by atoms with Crippen LogP contribution >= 0.6 is 0 Å². The van der Waals surface area contributed by atoms with Crippen molar-refractivity contribution in [3.8, 4) is 5.75 Å². The average molecular weight is 338 g/mol. The SMILES string of the molecule is COc1ccc2c(ccn2C(=O)Nc2cc(C(F)(F)F)n(C)n2)c1. The van der Waals surface area contributed by atoms with Crippen LogP contribution < -0.4 is 10.1 Å². The molecule has 3 aromatic rings. The topological polar surface area (TPSA) is 61.1 Å². The lowest BCUT2D eigenvalue weighted by atomic mass is 10.2. The number of carbonyl (C=O) groups excluding carboxylic acids is 1. The van der Waals surface area contributed by atoms with Gasteiger partial charge in [-0.15, -0.1) is 0 Å². The van der Waals surface area contributed by atoms with Gasteiger partial charge in [0.05, 0.1) is 12.6 Å². The van der Waals surface area contributed by atoms with E-state index >= 15 is 0 Å². The summed E-state index contributed by atoms with van der Waals surface area (Å²) in [5.74, 6) is 0.463. The molecule has 9 heteroatoms. The van der Waals surface area contributed by atoms with Crippen molar-refractivity contribution in [2.24, 2.45) is 7.05 Å². The zero-order valence-electron chi connectivity index (χ0n) is 12.8. The van der Waals surface area contributed by atoms with Crippen molar-refractivity contribution >= 4 is 22.8 Å². The first-order valence-electron chi connectivity index (χ1n) is 6.87.